The first-order valence-electron chi connectivity index (χ1n) is 9.12. The van der Waals surface area contributed by atoms with Gasteiger partial charge in [0.1, 0.15) is 5.75 Å². The number of nitrogens with one attached hydrogen (secondary N) is 1. The van der Waals surface area contributed by atoms with Crippen LogP contribution in [0.25, 0.3) is 10.8 Å². The number of rotatable bonds is 5. The van der Waals surface area contributed by atoms with E-state index in [1.54, 1.807) is 11.0 Å². The standard InChI is InChI=1S/C22H19BrN2O3/c23-22-18-8-2-1-5-15(18)10-11-19(22)28-14-20(26)24-16-6-3-7-17(13-16)25-12-4-9-21(25)27/h1-3,5-8,10-11,13H,4,9,12,14H2,(H,24,26). The molecule has 0 bridgehead atoms. The molecule has 0 saturated carbocycles. The predicted molar refractivity (Wildman–Crippen MR) is 114 cm³/mol. The highest BCUT2D eigenvalue weighted by atomic mass is 79.9. The van der Waals surface area contributed by atoms with Crippen LogP contribution in [0.5, 0.6) is 5.75 Å². The predicted octanol–water partition coefficient (Wildman–Crippen LogP) is 4.75. The van der Waals surface area contributed by atoms with Crippen molar-refractivity contribution >= 4 is 49.9 Å². The van der Waals surface area contributed by atoms with E-state index in [1.807, 2.05) is 54.6 Å². The van der Waals surface area contributed by atoms with Crippen LogP contribution in [0.4, 0.5) is 11.4 Å². The van der Waals surface area contributed by atoms with Gasteiger partial charge in [-0.15, -0.1) is 0 Å². The number of anilines is 2. The minimum atomic E-state index is -0.259. The largest absolute Gasteiger partial charge is 0.483 e. The molecule has 5 nitrogen and oxygen atoms in total. The van der Waals surface area contributed by atoms with E-state index >= 15 is 0 Å². The highest BCUT2D eigenvalue weighted by molar-refractivity contribution is 9.10. The first kappa shape index (κ1) is 18.5. The van der Waals surface area contributed by atoms with Crippen LogP contribution in [0, 0.1) is 0 Å². The summed E-state index contributed by atoms with van der Waals surface area (Å²) in [6.07, 6.45) is 1.44. The van der Waals surface area contributed by atoms with Crippen LogP contribution in [0.2, 0.25) is 0 Å². The van der Waals surface area contributed by atoms with Crippen molar-refractivity contribution in [3.05, 3.63) is 65.1 Å². The molecular formula is C22H19BrN2O3. The minimum Gasteiger partial charge on any atom is -0.483 e. The molecule has 3 aromatic rings. The summed E-state index contributed by atoms with van der Waals surface area (Å²) in [5.41, 5.74) is 1.45. The van der Waals surface area contributed by atoms with E-state index in [0.29, 0.717) is 17.9 Å². The SMILES string of the molecule is O=C(COc1ccc2ccccc2c1Br)Nc1cccc(N2CCCC2=O)c1. The van der Waals surface area contributed by atoms with Gasteiger partial charge in [0.2, 0.25) is 5.91 Å². The Bertz CT molecular complexity index is 1050. The fraction of sp³-hybridized carbons (Fsp3) is 0.182. The Morgan fingerprint density at radius 1 is 1.11 bits per heavy atom. The lowest BCUT2D eigenvalue weighted by Gasteiger charge is -2.17. The van der Waals surface area contributed by atoms with Crippen LogP contribution in [-0.4, -0.2) is 25.0 Å². The normalized spacial score (nSPS) is 13.8. The van der Waals surface area contributed by atoms with Gasteiger partial charge >= 0.3 is 0 Å². The molecule has 0 spiro atoms. The Morgan fingerprint density at radius 2 is 1.96 bits per heavy atom. The summed E-state index contributed by atoms with van der Waals surface area (Å²) in [6.45, 7) is 0.610. The van der Waals surface area contributed by atoms with Gasteiger partial charge in [0.25, 0.3) is 5.91 Å². The van der Waals surface area contributed by atoms with Gasteiger partial charge in [0.15, 0.2) is 6.61 Å². The third-order valence-electron chi connectivity index (χ3n) is 4.70. The second-order valence-corrected chi connectivity index (χ2v) is 7.43. The number of carbonyl (C=O) groups is 2. The fourth-order valence-corrected chi connectivity index (χ4v) is 3.95. The number of fused-ring (bicyclic) bond motifs is 1. The maximum atomic E-state index is 12.3. The van der Waals surface area contributed by atoms with E-state index in [-0.39, 0.29) is 18.4 Å². The summed E-state index contributed by atoms with van der Waals surface area (Å²) < 4.78 is 6.53. The van der Waals surface area contributed by atoms with Gasteiger partial charge < -0.3 is 15.0 Å². The summed E-state index contributed by atoms with van der Waals surface area (Å²) in [4.78, 5) is 26.0. The molecular weight excluding hydrogens is 420 g/mol. The minimum absolute atomic E-state index is 0.107. The van der Waals surface area contributed by atoms with E-state index in [2.05, 4.69) is 21.2 Å². The zero-order valence-electron chi connectivity index (χ0n) is 15.2. The van der Waals surface area contributed by atoms with Gasteiger partial charge in [-0.3, -0.25) is 9.59 Å². The Balaban J connectivity index is 1.41. The summed E-state index contributed by atoms with van der Waals surface area (Å²) >= 11 is 3.56. The molecule has 1 aliphatic rings. The van der Waals surface area contributed by atoms with Crippen LogP contribution >= 0.6 is 15.9 Å². The number of amides is 2. The topological polar surface area (TPSA) is 58.6 Å². The monoisotopic (exact) mass is 438 g/mol. The number of ether oxygens (including phenoxy) is 1. The van der Waals surface area contributed by atoms with Gasteiger partial charge in [0.05, 0.1) is 4.47 Å². The molecule has 1 aliphatic heterocycles. The molecule has 0 radical (unpaired) electrons. The maximum absolute atomic E-state index is 12.3. The Morgan fingerprint density at radius 3 is 2.79 bits per heavy atom. The number of hydrogen-bond donors (Lipinski definition) is 1. The van der Waals surface area contributed by atoms with Crippen LogP contribution in [0.3, 0.4) is 0 Å². The molecule has 0 aromatic heterocycles. The lowest BCUT2D eigenvalue weighted by atomic mass is 10.1. The van der Waals surface area contributed by atoms with Crippen molar-refractivity contribution in [3.8, 4) is 5.75 Å². The lowest BCUT2D eigenvalue weighted by molar-refractivity contribution is -0.118. The number of halogens is 1. The number of benzene rings is 3. The van der Waals surface area contributed by atoms with Gasteiger partial charge in [-0.1, -0.05) is 36.4 Å². The van der Waals surface area contributed by atoms with Gasteiger partial charge in [-0.25, -0.2) is 0 Å². The molecule has 3 aromatic carbocycles. The van der Waals surface area contributed by atoms with Crippen LogP contribution in [0.15, 0.2) is 65.1 Å². The van der Waals surface area contributed by atoms with Crippen molar-refractivity contribution in [2.75, 3.05) is 23.4 Å². The molecule has 0 aliphatic carbocycles. The third kappa shape index (κ3) is 3.87. The molecule has 0 unspecified atom stereocenters. The summed E-state index contributed by atoms with van der Waals surface area (Å²) in [6, 6.07) is 19.1. The van der Waals surface area contributed by atoms with Crippen molar-refractivity contribution in [2.45, 2.75) is 12.8 Å². The quantitative estimate of drug-likeness (QED) is 0.625. The molecule has 142 valence electrons. The third-order valence-corrected chi connectivity index (χ3v) is 5.52. The zero-order chi connectivity index (χ0) is 19.5. The summed E-state index contributed by atoms with van der Waals surface area (Å²) in [5.74, 6) is 0.475. The second-order valence-electron chi connectivity index (χ2n) is 6.63. The van der Waals surface area contributed by atoms with E-state index in [0.717, 1.165) is 33.9 Å². The first-order valence-corrected chi connectivity index (χ1v) is 9.91. The molecule has 28 heavy (non-hydrogen) atoms. The van der Waals surface area contributed by atoms with Crippen LogP contribution in [0.1, 0.15) is 12.8 Å². The summed E-state index contributed by atoms with van der Waals surface area (Å²) in [5, 5.41) is 4.96. The van der Waals surface area contributed by atoms with Crippen molar-refractivity contribution in [1.29, 1.82) is 0 Å². The molecule has 1 N–H and O–H groups in total. The number of nitrogens with zero attached hydrogens (tertiary/aromatic N) is 1. The Hall–Kier alpha value is -2.86. The first-order chi connectivity index (χ1) is 13.6. The average molecular weight is 439 g/mol. The molecule has 4 rings (SSSR count). The van der Waals surface area contributed by atoms with Crippen molar-refractivity contribution in [1.82, 2.24) is 0 Å². The van der Waals surface area contributed by atoms with Gasteiger partial charge in [-0.05, 0) is 57.4 Å². The van der Waals surface area contributed by atoms with Gasteiger partial charge in [-0.2, -0.15) is 0 Å². The summed E-state index contributed by atoms with van der Waals surface area (Å²) in [7, 11) is 0. The molecule has 1 fully saturated rings. The van der Waals surface area contributed by atoms with Crippen molar-refractivity contribution < 1.29 is 14.3 Å². The van der Waals surface area contributed by atoms with Crippen LogP contribution in [-0.2, 0) is 9.59 Å². The molecule has 1 heterocycles. The highest BCUT2D eigenvalue weighted by Gasteiger charge is 2.21. The van der Waals surface area contributed by atoms with Crippen LogP contribution < -0.4 is 15.0 Å². The molecule has 6 heteroatoms. The fourth-order valence-electron chi connectivity index (χ4n) is 3.34. The van der Waals surface area contributed by atoms with E-state index < -0.39 is 0 Å². The molecule has 0 atom stereocenters. The van der Waals surface area contributed by atoms with E-state index in [9.17, 15) is 9.59 Å². The number of carbonyl (C=O) groups excluding carboxylic acids is 2. The molecule has 2 amide bonds. The lowest BCUT2D eigenvalue weighted by Crippen LogP contribution is -2.24. The van der Waals surface area contributed by atoms with E-state index in [4.69, 9.17) is 4.74 Å². The zero-order valence-corrected chi connectivity index (χ0v) is 16.7. The van der Waals surface area contributed by atoms with E-state index in [1.165, 1.54) is 0 Å². The second kappa shape index (κ2) is 8.02. The van der Waals surface area contributed by atoms with Crippen molar-refractivity contribution in [3.63, 3.8) is 0 Å². The van der Waals surface area contributed by atoms with Crippen molar-refractivity contribution in [2.24, 2.45) is 0 Å². The number of hydrogen-bond acceptors (Lipinski definition) is 3. The molecule has 1 saturated heterocycles. The smallest absolute Gasteiger partial charge is 0.262 e. The highest BCUT2D eigenvalue weighted by Crippen LogP contribution is 2.33. The Labute approximate surface area is 171 Å². The van der Waals surface area contributed by atoms with Gasteiger partial charge in [0, 0.05) is 24.3 Å². The Kier molecular flexibility index (Phi) is 5.30. The maximum Gasteiger partial charge on any atom is 0.262 e. The average Bonchev–Trinajstić information content (AvgIpc) is 3.14.